The number of ether oxygens (including phenoxy) is 6. The van der Waals surface area contributed by atoms with E-state index in [1.54, 1.807) is 58.1 Å². The Morgan fingerprint density at radius 1 is 0.565 bits per heavy atom. The van der Waals surface area contributed by atoms with E-state index in [-0.39, 0.29) is 106 Å². The third-order valence-electron chi connectivity index (χ3n) is 24.5. The van der Waals surface area contributed by atoms with Gasteiger partial charge < -0.3 is 71.3 Å². The maximum atomic E-state index is 13.6. The van der Waals surface area contributed by atoms with Gasteiger partial charge in [0.2, 0.25) is 0 Å². The average Bonchev–Trinajstić information content (AvgIpc) is 1.60. The second kappa shape index (κ2) is 41.3. The normalized spacial score (nSPS) is 30.7. The number of epoxide rings is 2. The Hall–Kier alpha value is -3.35. The van der Waals surface area contributed by atoms with Gasteiger partial charge in [-0.15, -0.1) is 0 Å². The molecular formula is C84H154O20Si4. The second-order valence-electron chi connectivity index (χ2n) is 38.7. The number of esters is 4. The minimum Gasteiger partial charge on any atom is -0.457 e. The first kappa shape index (κ1) is 101. The molecule has 4 heterocycles. The van der Waals surface area contributed by atoms with E-state index in [9.17, 15) is 49.2 Å². The summed E-state index contributed by atoms with van der Waals surface area (Å²) in [6.07, 6.45) is 10.3. The molecule has 2 unspecified atom stereocenters. The number of carbonyl (C=O) groups is 6. The number of cyclic esters (lactones) is 2. The van der Waals surface area contributed by atoms with E-state index in [2.05, 4.69) is 163 Å². The fraction of sp³-hybridized carbons (Fsp3) is 0.833. The van der Waals surface area contributed by atoms with Crippen molar-refractivity contribution in [1.29, 1.82) is 0 Å². The second-order valence-corrected chi connectivity index (χ2v) is 57.7. The molecule has 0 radical (unpaired) electrons. The first-order valence-corrected chi connectivity index (χ1v) is 51.8. The van der Waals surface area contributed by atoms with E-state index >= 15 is 0 Å². The molecule has 4 aliphatic heterocycles. The van der Waals surface area contributed by atoms with Crippen LogP contribution in [0.25, 0.3) is 0 Å². The first-order valence-electron chi connectivity index (χ1n) is 40.2. The average molecular weight is 1600 g/mol. The molecule has 0 aromatic heterocycles. The molecule has 2 saturated heterocycles. The van der Waals surface area contributed by atoms with Crippen molar-refractivity contribution in [2.45, 2.75) is 413 Å². The summed E-state index contributed by atoms with van der Waals surface area (Å²) in [4.78, 5) is 72.1. The summed E-state index contributed by atoms with van der Waals surface area (Å²) in [6.45, 7) is 69.6. The van der Waals surface area contributed by atoms with Crippen molar-refractivity contribution < 1.29 is 95.3 Å². The van der Waals surface area contributed by atoms with Crippen LogP contribution in [0.5, 0.6) is 0 Å². The van der Waals surface area contributed by atoms with Crippen LogP contribution in [0.2, 0.25) is 72.5 Å². The van der Waals surface area contributed by atoms with Crippen LogP contribution in [0.15, 0.2) is 47.6 Å². The molecule has 4 N–H and O–H groups in total. The highest BCUT2D eigenvalue weighted by Crippen LogP contribution is 2.46. The molecule has 108 heavy (non-hydrogen) atoms. The van der Waals surface area contributed by atoms with E-state index in [0.29, 0.717) is 42.6 Å². The zero-order chi connectivity index (χ0) is 83.8. The number of aliphatic hydroxyl groups excluding tert-OH is 2. The van der Waals surface area contributed by atoms with Crippen LogP contribution in [0.3, 0.4) is 0 Å². The van der Waals surface area contributed by atoms with Crippen LogP contribution in [0, 0.1) is 35.5 Å². The minimum absolute atomic E-state index is 0.0238. The number of aldehydes is 2. The molecule has 4 rings (SSSR count). The molecule has 0 amide bonds. The third-order valence-corrected chi connectivity index (χ3v) is 42.6. The molecule has 0 bridgehead atoms. The quantitative estimate of drug-likeness (QED) is 0.0113. The summed E-state index contributed by atoms with van der Waals surface area (Å²) in [5.74, 6) is -2.23. The predicted octanol–water partition coefficient (Wildman–Crippen LogP) is 17.2. The number of carbonyl (C=O) groups excluding carboxylic acids is 6. The van der Waals surface area contributed by atoms with Gasteiger partial charge in [-0.05, 0) is 187 Å². The van der Waals surface area contributed by atoms with Crippen molar-refractivity contribution in [3.63, 3.8) is 0 Å². The summed E-state index contributed by atoms with van der Waals surface area (Å²) in [6, 6.07) is 0. The van der Waals surface area contributed by atoms with Crippen molar-refractivity contribution in [1.82, 2.24) is 0 Å². The van der Waals surface area contributed by atoms with Gasteiger partial charge in [0.15, 0.2) is 33.3 Å². The highest BCUT2D eigenvalue weighted by molar-refractivity contribution is 6.75. The van der Waals surface area contributed by atoms with E-state index in [1.807, 2.05) is 27.7 Å². The smallest absolute Gasteiger partial charge is 0.308 e. The molecule has 0 aromatic rings. The minimum atomic E-state index is -2.32. The Morgan fingerprint density at radius 3 is 1.22 bits per heavy atom. The Kier molecular flexibility index (Phi) is 38.5. The molecule has 20 nitrogen and oxygen atoms in total. The molecule has 2 fully saturated rings. The molecule has 22 atom stereocenters. The summed E-state index contributed by atoms with van der Waals surface area (Å²) in [5.41, 5.74) is -1.61. The molecular weight excluding hydrogens is 1440 g/mol. The maximum Gasteiger partial charge on any atom is 0.308 e. The van der Waals surface area contributed by atoms with Gasteiger partial charge in [-0.3, -0.25) is 24.0 Å². The van der Waals surface area contributed by atoms with Crippen LogP contribution >= 0.6 is 0 Å². The van der Waals surface area contributed by atoms with E-state index in [1.165, 1.54) is 19.9 Å². The summed E-state index contributed by atoms with van der Waals surface area (Å²) < 4.78 is 61.4. The number of hydrogen-bond donors (Lipinski definition) is 4. The summed E-state index contributed by atoms with van der Waals surface area (Å²) >= 11 is 0. The van der Waals surface area contributed by atoms with Crippen molar-refractivity contribution in [3.8, 4) is 0 Å². The number of allylic oxidation sites excluding steroid dienone is 1. The third kappa shape index (κ3) is 31.4. The van der Waals surface area contributed by atoms with E-state index in [0.717, 1.165) is 25.5 Å². The molecule has 626 valence electrons. The lowest BCUT2D eigenvalue weighted by molar-refractivity contribution is -0.158. The van der Waals surface area contributed by atoms with Crippen molar-refractivity contribution in [2.24, 2.45) is 35.5 Å². The predicted molar refractivity (Wildman–Crippen MR) is 440 cm³/mol. The first-order chi connectivity index (χ1) is 49.0. The highest BCUT2D eigenvalue weighted by atomic mass is 28.4. The topological polar surface area (TPSA) is 282 Å². The van der Waals surface area contributed by atoms with Gasteiger partial charge in [0.05, 0.1) is 61.7 Å². The van der Waals surface area contributed by atoms with Crippen molar-refractivity contribution in [3.05, 3.63) is 47.6 Å². The van der Waals surface area contributed by atoms with Gasteiger partial charge in [0.25, 0.3) is 0 Å². The van der Waals surface area contributed by atoms with Gasteiger partial charge in [0, 0.05) is 55.6 Å². The lowest BCUT2D eigenvalue weighted by Gasteiger charge is -2.40. The molecule has 0 aromatic carbocycles. The lowest BCUT2D eigenvalue weighted by Crippen LogP contribution is -2.46. The van der Waals surface area contributed by atoms with Gasteiger partial charge in [-0.1, -0.05) is 157 Å². The molecule has 4 aliphatic rings. The maximum absolute atomic E-state index is 13.6. The van der Waals surface area contributed by atoms with Gasteiger partial charge >= 0.3 is 23.9 Å². The molecule has 0 saturated carbocycles. The van der Waals surface area contributed by atoms with Crippen LogP contribution < -0.4 is 0 Å². The van der Waals surface area contributed by atoms with E-state index < -0.39 is 123 Å². The number of aliphatic hydroxyl groups is 4. The largest absolute Gasteiger partial charge is 0.457 e. The zero-order valence-electron chi connectivity index (χ0n) is 73.6. The Labute approximate surface area is 658 Å². The summed E-state index contributed by atoms with van der Waals surface area (Å²) in [5, 5.41) is 45.5. The Morgan fingerprint density at radius 2 is 0.907 bits per heavy atom. The van der Waals surface area contributed by atoms with Crippen LogP contribution in [-0.4, -0.2) is 187 Å². The van der Waals surface area contributed by atoms with Crippen LogP contribution in [0.4, 0.5) is 0 Å². The van der Waals surface area contributed by atoms with E-state index in [4.69, 9.17) is 46.1 Å². The SMILES string of the molecule is CC(=O)O[C@H]1/C=C/[C@H](C)[C@@H](/C(C)=C/C=O)OC(=O)C[C@H](O[Si](C)(C)C(C)(C)C)CC[C@@]1(C)O.CC[C@H](O[Si](C)(C)C(C)(C)C)[C@@H](C)[C@H]1O[C@@H]1C[C@H](C)C(O)C(O)/C=C(\C)[C@H]1OC(=O)C[C@H](O[Si](C)(C)C(C)(C)C)CC[C@@](C)(O)[C@@H](OC(C)=O)/C=C/[C@@H]1C.CC[C@H](O[Si](C)(C)C(C)(C)C)[C@@H](C)[C@H]1O[C@@H]1C[C@H](C)C=O. The highest BCUT2D eigenvalue weighted by Gasteiger charge is 2.52. The number of rotatable bonds is 27. The van der Waals surface area contributed by atoms with Crippen LogP contribution in [0.1, 0.15) is 244 Å². The Balaban J connectivity index is 0.000000618. The lowest BCUT2D eigenvalue weighted by atomic mass is 9.87. The van der Waals surface area contributed by atoms with Gasteiger partial charge in [0.1, 0.15) is 48.2 Å². The van der Waals surface area contributed by atoms with Gasteiger partial charge in [-0.25, -0.2) is 0 Å². The number of hydrogen-bond acceptors (Lipinski definition) is 20. The monoisotopic (exact) mass is 1600 g/mol. The Bertz CT molecular complexity index is 2980. The zero-order valence-corrected chi connectivity index (χ0v) is 77.6. The fourth-order valence-electron chi connectivity index (χ4n) is 12.8. The van der Waals surface area contributed by atoms with Crippen molar-refractivity contribution >= 4 is 69.7 Å². The van der Waals surface area contributed by atoms with Crippen molar-refractivity contribution in [2.75, 3.05) is 0 Å². The fourth-order valence-corrected chi connectivity index (χ4v) is 18.6. The summed E-state index contributed by atoms with van der Waals surface area (Å²) in [7, 11) is -8.23. The standard InChI is InChI=1S/C42H78O10Si2.C25H42O7Si.C17H34O3Si/c1-18-33(52-54(16,17)41(10,11)12)29(5)39-34(49-39)24-27(3)37(46)32(44)23-28(4)38-26(2)19-20-35(48-30(6)43)42(13,47)22-21-31(25-36(45)50-38)51-53(14,15)40(7,8)9;1-17-10-11-21(30-19(3)27)25(7,29)14-12-20(32-33(8,9)24(4,5)6)16-22(28)31-23(17)18(2)13-15-26;1-9-14(20-21(7,8)17(4,5)6)13(3)16-15(19-16)10-12(2)11-18/h19-20,23,26-27,29,31-35,37-39,44,46-47H,18,21-22,24-25H2,1-17H3;10-11,13,15,17,20-21,23,29H,12,14,16H2,1-9H3;11-16H,9-10H2,1-8H3/b20-19+,28-23+;11-10+,18-13+;/t26-,27-,29+,31+,32?,33-,34+,35-,37?,38-,39+,42+;17-,20+,21-,23-,25+;12-,13+,14-,15+,16+/m000/s1. The van der Waals surface area contributed by atoms with Gasteiger partial charge in [-0.2, -0.15) is 0 Å². The molecule has 24 heteroatoms. The molecule has 0 spiro atoms. The molecule has 0 aliphatic carbocycles. The van der Waals surface area contributed by atoms with Crippen LogP contribution in [-0.2, 0) is 74.9 Å².